The largest absolute Gasteiger partial charge is 0.489 e. The van der Waals surface area contributed by atoms with Gasteiger partial charge in [-0.05, 0) is 42.3 Å². The third-order valence-corrected chi connectivity index (χ3v) is 6.92. The summed E-state index contributed by atoms with van der Waals surface area (Å²) in [6.45, 7) is 6.87. The molecular weight excluding hydrogens is 396 g/mol. The van der Waals surface area contributed by atoms with Crippen molar-refractivity contribution in [3.05, 3.63) is 41.9 Å². The number of piperazine rings is 1. The summed E-state index contributed by atoms with van der Waals surface area (Å²) in [6, 6.07) is 13.0. The number of aromatic nitrogens is 1. The highest BCUT2D eigenvalue weighted by atomic mass is 32.1. The van der Waals surface area contributed by atoms with Gasteiger partial charge in [0.15, 0.2) is 0 Å². The molecule has 5 rings (SSSR count). The summed E-state index contributed by atoms with van der Waals surface area (Å²) in [5.74, 6) is 1.15. The number of fused-ring (bicyclic) bond motifs is 1. The molecule has 30 heavy (non-hydrogen) atoms. The smallest absolute Gasteiger partial charge is 0.220 e. The Morgan fingerprint density at radius 3 is 2.70 bits per heavy atom. The monoisotopic (exact) mass is 422 g/mol. The molecule has 3 aromatic rings. The summed E-state index contributed by atoms with van der Waals surface area (Å²) in [5.41, 5.74) is 6.33. The molecule has 1 aromatic heterocycles. The van der Waals surface area contributed by atoms with E-state index in [0.29, 0.717) is 13.0 Å². The van der Waals surface area contributed by atoms with Crippen molar-refractivity contribution in [1.82, 2.24) is 15.6 Å². The molecule has 7 heteroatoms. The van der Waals surface area contributed by atoms with Crippen molar-refractivity contribution in [3.63, 3.8) is 0 Å². The minimum Gasteiger partial charge on any atom is -0.489 e. The predicted molar refractivity (Wildman–Crippen MR) is 121 cm³/mol. The van der Waals surface area contributed by atoms with Crippen LogP contribution in [0.15, 0.2) is 41.9 Å². The number of carbonyl (C=O) groups excluding carboxylic acids is 1. The topological polar surface area (TPSA) is 66.5 Å². The molecule has 2 saturated heterocycles. The first-order valence-corrected chi connectivity index (χ1v) is 11.4. The predicted octanol–water partition coefficient (Wildman–Crippen LogP) is 3.28. The minimum atomic E-state index is -0.0420. The van der Waals surface area contributed by atoms with Crippen molar-refractivity contribution in [2.75, 3.05) is 37.6 Å². The lowest BCUT2D eigenvalue weighted by Crippen LogP contribution is -2.43. The van der Waals surface area contributed by atoms with Gasteiger partial charge in [0.25, 0.3) is 0 Å². The SMILES string of the molecule is CC(Oc1cc(-c2ccc(N3CCNCC3)cc2)cc2ncsc12)C1CNC(=O)C1. The molecule has 2 aliphatic heterocycles. The van der Waals surface area contributed by atoms with Crippen molar-refractivity contribution < 1.29 is 9.53 Å². The maximum Gasteiger partial charge on any atom is 0.220 e. The molecule has 1 amide bonds. The van der Waals surface area contributed by atoms with E-state index in [0.717, 1.165) is 53.3 Å². The van der Waals surface area contributed by atoms with Crippen molar-refractivity contribution in [1.29, 1.82) is 0 Å². The number of benzene rings is 2. The number of rotatable bonds is 5. The number of hydrogen-bond acceptors (Lipinski definition) is 6. The maximum absolute atomic E-state index is 11.6. The molecule has 156 valence electrons. The Labute approximate surface area is 180 Å². The van der Waals surface area contributed by atoms with Crippen LogP contribution < -0.4 is 20.3 Å². The molecule has 2 aliphatic rings. The van der Waals surface area contributed by atoms with Gasteiger partial charge >= 0.3 is 0 Å². The van der Waals surface area contributed by atoms with Crippen molar-refractivity contribution in [3.8, 4) is 16.9 Å². The number of ether oxygens (including phenoxy) is 1. The molecule has 3 heterocycles. The Bertz CT molecular complexity index is 1040. The van der Waals surface area contributed by atoms with Gasteiger partial charge in [0.2, 0.25) is 5.91 Å². The first kappa shape index (κ1) is 19.3. The molecule has 2 fully saturated rings. The maximum atomic E-state index is 11.6. The highest BCUT2D eigenvalue weighted by Crippen LogP contribution is 2.36. The van der Waals surface area contributed by atoms with Crippen LogP contribution in [-0.2, 0) is 4.79 Å². The van der Waals surface area contributed by atoms with Gasteiger partial charge in [0.1, 0.15) is 11.9 Å². The van der Waals surface area contributed by atoms with Gasteiger partial charge < -0.3 is 20.3 Å². The normalized spacial score (nSPS) is 20.4. The van der Waals surface area contributed by atoms with E-state index in [1.54, 1.807) is 11.3 Å². The van der Waals surface area contributed by atoms with Crippen LogP contribution in [0.4, 0.5) is 5.69 Å². The average Bonchev–Trinajstić information content (AvgIpc) is 3.43. The molecule has 0 saturated carbocycles. The van der Waals surface area contributed by atoms with Gasteiger partial charge in [-0.2, -0.15) is 0 Å². The van der Waals surface area contributed by atoms with E-state index in [1.165, 1.54) is 5.69 Å². The minimum absolute atomic E-state index is 0.0420. The number of anilines is 1. The first-order valence-electron chi connectivity index (χ1n) is 10.5. The van der Waals surface area contributed by atoms with Crippen LogP contribution >= 0.6 is 11.3 Å². The molecule has 0 bridgehead atoms. The Balaban J connectivity index is 1.41. The van der Waals surface area contributed by atoms with Crippen LogP contribution in [0.25, 0.3) is 21.3 Å². The van der Waals surface area contributed by atoms with E-state index in [9.17, 15) is 4.79 Å². The number of amides is 1. The highest BCUT2D eigenvalue weighted by Gasteiger charge is 2.28. The average molecular weight is 423 g/mol. The van der Waals surface area contributed by atoms with E-state index < -0.39 is 0 Å². The molecule has 2 unspecified atom stereocenters. The lowest BCUT2D eigenvalue weighted by Gasteiger charge is -2.29. The summed E-state index contributed by atoms with van der Waals surface area (Å²) in [6.07, 6.45) is 0.486. The summed E-state index contributed by atoms with van der Waals surface area (Å²) < 4.78 is 7.42. The Morgan fingerprint density at radius 2 is 1.97 bits per heavy atom. The number of thiazole rings is 1. The van der Waals surface area contributed by atoms with Gasteiger partial charge in [-0.25, -0.2) is 4.98 Å². The standard InChI is InChI=1S/C23H26N4O2S/c1-15(18-12-22(28)25-13-18)29-21-11-17(10-20-23(21)30-14-26-20)16-2-4-19(5-3-16)27-8-6-24-7-9-27/h2-5,10-11,14-15,18,24H,6-9,12-13H2,1H3,(H,25,28). The first-order chi connectivity index (χ1) is 14.7. The van der Waals surface area contributed by atoms with Crippen LogP contribution in [0.5, 0.6) is 5.75 Å². The zero-order chi connectivity index (χ0) is 20.5. The summed E-state index contributed by atoms with van der Waals surface area (Å²) in [5, 5.41) is 6.30. The van der Waals surface area contributed by atoms with Crippen molar-refractivity contribution in [2.24, 2.45) is 5.92 Å². The lowest BCUT2D eigenvalue weighted by atomic mass is 10.0. The fourth-order valence-corrected chi connectivity index (χ4v) is 4.96. The van der Waals surface area contributed by atoms with Crippen LogP contribution in [0.2, 0.25) is 0 Å². The Hall–Kier alpha value is -2.64. The fraction of sp³-hybridized carbons (Fsp3) is 0.391. The van der Waals surface area contributed by atoms with Crippen LogP contribution in [0.3, 0.4) is 0 Å². The second-order valence-electron chi connectivity index (χ2n) is 8.05. The second-order valence-corrected chi connectivity index (χ2v) is 8.90. The Morgan fingerprint density at radius 1 is 1.17 bits per heavy atom. The van der Waals surface area contributed by atoms with Crippen molar-refractivity contribution >= 4 is 33.1 Å². The van der Waals surface area contributed by atoms with E-state index in [-0.39, 0.29) is 17.9 Å². The van der Waals surface area contributed by atoms with Crippen LogP contribution in [0, 0.1) is 5.92 Å². The van der Waals surface area contributed by atoms with Crippen LogP contribution in [-0.4, -0.2) is 49.7 Å². The van der Waals surface area contributed by atoms with Crippen LogP contribution in [0.1, 0.15) is 13.3 Å². The molecule has 2 atom stereocenters. The molecule has 2 aromatic carbocycles. The van der Waals surface area contributed by atoms with Gasteiger partial charge in [-0.3, -0.25) is 4.79 Å². The lowest BCUT2D eigenvalue weighted by molar-refractivity contribution is -0.119. The number of hydrogen-bond donors (Lipinski definition) is 2. The highest BCUT2D eigenvalue weighted by molar-refractivity contribution is 7.17. The molecule has 0 aliphatic carbocycles. The van der Waals surface area contributed by atoms with E-state index in [2.05, 4.69) is 56.9 Å². The second kappa shape index (κ2) is 8.24. The number of nitrogens with one attached hydrogen (secondary N) is 2. The van der Waals surface area contributed by atoms with E-state index in [1.807, 2.05) is 12.4 Å². The molecule has 0 radical (unpaired) electrons. The van der Waals surface area contributed by atoms with Gasteiger partial charge in [0, 0.05) is 50.7 Å². The van der Waals surface area contributed by atoms with Gasteiger partial charge in [-0.1, -0.05) is 12.1 Å². The number of nitrogens with zero attached hydrogens (tertiary/aromatic N) is 2. The molecule has 0 spiro atoms. The molecule has 6 nitrogen and oxygen atoms in total. The molecular formula is C23H26N4O2S. The number of carbonyl (C=O) groups is 1. The summed E-state index contributed by atoms with van der Waals surface area (Å²) in [7, 11) is 0. The zero-order valence-electron chi connectivity index (χ0n) is 17.1. The van der Waals surface area contributed by atoms with E-state index in [4.69, 9.17) is 4.74 Å². The summed E-state index contributed by atoms with van der Waals surface area (Å²) in [4.78, 5) is 18.5. The third-order valence-electron chi connectivity index (χ3n) is 6.07. The molecule has 2 N–H and O–H groups in total. The third kappa shape index (κ3) is 3.87. The van der Waals surface area contributed by atoms with Crippen molar-refractivity contribution in [2.45, 2.75) is 19.4 Å². The zero-order valence-corrected chi connectivity index (χ0v) is 17.9. The fourth-order valence-electron chi connectivity index (χ4n) is 4.24. The summed E-state index contributed by atoms with van der Waals surface area (Å²) >= 11 is 1.59. The van der Waals surface area contributed by atoms with Gasteiger partial charge in [0.05, 0.1) is 15.7 Å². The Kier molecular flexibility index (Phi) is 5.31. The van der Waals surface area contributed by atoms with Gasteiger partial charge in [-0.15, -0.1) is 11.3 Å². The quantitative estimate of drug-likeness (QED) is 0.661. The van der Waals surface area contributed by atoms with E-state index >= 15 is 0 Å².